The first-order valence-electron chi connectivity index (χ1n) is 12.6. The molecule has 2 fully saturated rings. The van der Waals surface area contributed by atoms with Crippen molar-refractivity contribution < 1.29 is 33.3 Å². The van der Waals surface area contributed by atoms with Crippen molar-refractivity contribution in [3.05, 3.63) is 54.1 Å². The highest BCUT2D eigenvalue weighted by atomic mass is 16.8. The maximum Gasteiger partial charge on any atom is 0.511 e. The Morgan fingerprint density at radius 1 is 1.14 bits per heavy atom. The van der Waals surface area contributed by atoms with Gasteiger partial charge >= 0.3 is 12.1 Å². The van der Waals surface area contributed by atoms with Crippen molar-refractivity contribution in [3.63, 3.8) is 0 Å². The fraction of sp³-hybridized carbons (Fsp3) is 0.481. The number of esters is 1. The van der Waals surface area contributed by atoms with Gasteiger partial charge in [-0.15, -0.1) is 0 Å². The van der Waals surface area contributed by atoms with Crippen LogP contribution in [0.5, 0.6) is 0 Å². The Bertz CT molecular complexity index is 1070. The predicted octanol–water partition coefficient (Wildman–Crippen LogP) is 3.21. The molecule has 198 valence electrons. The zero-order valence-corrected chi connectivity index (χ0v) is 20.6. The van der Waals surface area contributed by atoms with Crippen LogP contribution in [-0.4, -0.2) is 55.0 Å². The second-order valence-corrected chi connectivity index (χ2v) is 9.57. The van der Waals surface area contributed by atoms with Crippen LogP contribution in [0.1, 0.15) is 50.5 Å². The predicted molar refractivity (Wildman–Crippen MR) is 134 cm³/mol. The molecule has 1 amide bonds. The Labute approximate surface area is 215 Å². The number of nitrogens with two attached hydrogens (primary N) is 1. The summed E-state index contributed by atoms with van der Waals surface area (Å²) >= 11 is 0. The zero-order valence-electron chi connectivity index (χ0n) is 20.6. The number of allylic oxidation sites excluding steroid dienone is 2. The van der Waals surface area contributed by atoms with Crippen LogP contribution in [0.3, 0.4) is 0 Å². The van der Waals surface area contributed by atoms with Crippen molar-refractivity contribution in [1.29, 1.82) is 5.41 Å². The van der Waals surface area contributed by atoms with E-state index in [0.29, 0.717) is 12.8 Å². The molecule has 1 aromatic rings. The van der Waals surface area contributed by atoms with E-state index < -0.39 is 30.4 Å². The molecule has 37 heavy (non-hydrogen) atoms. The van der Waals surface area contributed by atoms with E-state index in [9.17, 15) is 14.4 Å². The molecule has 10 heteroatoms. The van der Waals surface area contributed by atoms with Crippen LogP contribution in [0.25, 0.3) is 5.57 Å². The first-order valence-corrected chi connectivity index (χ1v) is 12.6. The van der Waals surface area contributed by atoms with Gasteiger partial charge in [0.15, 0.2) is 0 Å². The Morgan fingerprint density at radius 3 is 2.57 bits per heavy atom. The summed E-state index contributed by atoms with van der Waals surface area (Å²) in [6, 6.07) is 9.54. The molecule has 1 unspecified atom stereocenters. The average Bonchev–Trinajstić information content (AvgIpc) is 3.53. The minimum absolute atomic E-state index is 0.122. The third kappa shape index (κ3) is 6.97. The lowest BCUT2D eigenvalue weighted by Crippen LogP contribution is -2.47. The van der Waals surface area contributed by atoms with Crippen LogP contribution in [-0.2, 0) is 28.5 Å². The molecule has 1 aromatic carbocycles. The van der Waals surface area contributed by atoms with Crippen LogP contribution < -0.4 is 11.1 Å². The maximum atomic E-state index is 12.4. The fourth-order valence-electron chi connectivity index (χ4n) is 4.79. The second-order valence-electron chi connectivity index (χ2n) is 9.57. The molecule has 10 nitrogen and oxygen atoms in total. The number of hydrogen-bond donors (Lipinski definition) is 3. The van der Waals surface area contributed by atoms with Crippen LogP contribution in [0, 0.1) is 11.3 Å². The van der Waals surface area contributed by atoms with Crippen LogP contribution in [0.15, 0.2) is 48.6 Å². The first-order chi connectivity index (χ1) is 17.8. The molecule has 0 spiro atoms. The van der Waals surface area contributed by atoms with E-state index in [-0.39, 0.29) is 36.9 Å². The van der Waals surface area contributed by atoms with Crippen molar-refractivity contribution in [2.45, 2.75) is 62.7 Å². The summed E-state index contributed by atoms with van der Waals surface area (Å²) in [7, 11) is 0. The number of carbonyl (C=O) groups is 3. The SMILES string of the molecule is N=C(N)C1(OC[C@@H]2C[C@@H](CC(=O)OCOC(=O)OC3CCCC3)C(=O)N2)C=CC(c2ccccc2)=CC1. The van der Waals surface area contributed by atoms with E-state index in [1.807, 2.05) is 42.5 Å². The lowest BCUT2D eigenvalue weighted by molar-refractivity contribution is -0.155. The Kier molecular flexibility index (Phi) is 8.60. The van der Waals surface area contributed by atoms with E-state index in [4.69, 9.17) is 30.1 Å². The summed E-state index contributed by atoms with van der Waals surface area (Å²) in [6.45, 7) is -0.428. The van der Waals surface area contributed by atoms with Gasteiger partial charge in [0.2, 0.25) is 12.7 Å². The molecule has 1 saturated carbocycles. The van der Waals surface area contributed by atoms with Gasteiger partial charge in [-0.2, -0.15) is 0 Å². The molecular weight excluding hydrogens is 478 g/mol. The molecule has 3 aliphatic rings. The highest BCUT2D eigenvalue weighted by molar-refractivity contribution is 5.91. The molecule has 2 aliphatic carbocycles. The van der Waals surface area contributed by atoms with Gasteiger partial charge in [-0.1, -0.05) is 42.5 Å². The molecular formula is C27H33N3O7. The molecule has 1 aliphatic heterocycles. The Morgan fingerprint density at radius 2 is 1.89 bits per heavy atom. The number of benzene rings is 1. The highest BCUT2D eigenvalue weighted by Gasteiger charge is 2.38. The zero-order chi connectivity index (χ0) is 26.3. The lowest BCUT2D eigenvalue weighted by atomic mass is 9.88. The largest absolute Gasteiger partial charge is 0.511 e. The van der Waals surface area contributed by atoms with Crippen molar-refractivity contribution >= 4 is 29.4 Å². The van der Waals surface area contributed by atoms with Gasteiger partial charge in [-0.05, 0) is 49.3 Å². The highest BCUT2D eigenvalue weighted by Crippen LogP contribution is 2.31. The number of hydrogen-bond acceptors (Lipinski definition) is 8. The van der Waals surface area contributed by atoms with Crippen LogP contribution >= 0.6 is 0 Å². The van der Waals surface area contributed by atoms with E-state index >= 15 is 0 Å². The molecule has 4 N–H and O–H groups in total. The summed E-state index contributed by atoms with van der Waals surface area (Å²) < 4.78 is 20.9. The summed E-state index contributed by atoms with van der Waals surface area (Å²) in [4.78, 5) is 36.2. The van der Waals surface area contributed by atoms with Crippen molar-refractivity contribution in [2.75, 3.05) is 13.4 Å². The van der Waals surface area contributed by atoms with Crippen molar-refractivity contribution in [1.82, 2.24) is 5.32 Å². The van der Waals surface area contributed by atoms with Crippen LogP contribution in [0.4, 0.5) is 4.79 Å². The van der Waals surface area contributed by atoms with Gasteiger partial charge in [0, 0.05) is 6.42 Å². The van der Waals surface area contributed by atoms with Gasteiger partial charge in [0.05, 0.1) is 25.0 Å². The monoisotopic (exact) mass is 511 g/mol. The molecule has 1 saturated heterocycles. The van der Waals surface area contributed by atoms with Crippen molar-refractivity contribution in [3.8, 4) is 0 Å². The van der Waals surface area contributed by atoms with E-state index in [0.717, 1.165) is 36.8 Å². The average molecular weight is 512 g/mol. The third-order valence-electron chi connectivity index (χ3n) is 6.92. The Hall–Kier alpha value is -3.66. The van der Waals surface area contributed by atoms with Gasteiger partial charge in [0.1, 0.15) is 17.5 Å². The van der Waals surface area contributed by atoms with Crippen LogP contribution in [0.2, 0.25) is 0 Å². The number of amidine groups is 1. The lowest BCUT2D eigenvalue weighted by Gasteiger charge is -2.32. The number of nitrogens with one attached hydrogen (secondary N) is 2. The molecule has 0 aromatic heterocycles. The quantitative estimate of drug-likeness (QED) is 0.188. The minimum Gasteiger partial charge on any atom is -0.431 e. The summed E-state index contributed by atoms with van der Waals surface area (Å²) in [5.74, 6) is -1.65. The van der Waals surface area contributed by atoms with Crippen molar-refractivity contribution in [2.24, 2.45) is 11.7 Å². The maximum absolute atomic E-state index is 12.4. The Balaban J connectivity index is 1.20. The molecule has 1 heterocycles. The summed E-state index contributed by atoms with van der Waals surface area (Å²) in [5.41, 5.74) is 6.87. The number of amides is 1. The molecule has 4 rings (SSSR count). The molecule has 0 bridgehead atoms. The van der Waals surface area contributed by atoms with Gasteiger partial charge in [-0.25, -0.2) is 4.79 Å². The van der Waals surface area contributed by atoms with Gasteiger partial charge < -0.3 is 30.0 Å². The third-order valence-corrected chi connectivity index (χ3v) is 6.92. The summed E-state index contributed by atoms with van der Waals surface area (Å²) in [5, 5.41) is 10.9. The number of ether oxygens (including phenoxy) is 4. The van der Waals surface area contributed by atoms with Gasteiger partial charge in [0.25, 0.3) is 0 Å². The van der Waals surface area contributed by atoms with E-state index in [2.05, 4.69) is 5.32 Å². The summed E-state index contributed by atoms with van der Waals surface area (Å²) in [6.07, 6.45) is 8.90. The first kappa shape index (κ1) is 26.4. The van der Waals surface area contributed by atoms with E-state index in [1.54, 1.807) is 6.08 Å². The smallest absolute Gasteiger partial charge is 0.431 e. The minimum atomic E-state index is -1.09. The topological polar surface area (TPSA) is 150 Å². The number of carbonyl (C=O) groups excluding carboxylic acids is 3. The molecule has 0 radical (unpaired) electrons. The normalized spacial score (nSPS) is 25.3. The number of rotatable bonds is 10. The van der Waals surface area contributed by atoms with Gasteiger partial charge in [-0.3, -0.25) is 15.0 Å². The molecule has 3 atom stereocenters. The second kappa shape index (κ2) is 12.1. The standard InChI is InChI=1S/C27H33N3O7/c28-25(29)27(12-10-19(11-13-27)18-6-2-1-3-7-18)36-16-21-14-20(24(32)30-21)15-23(31)34-17-35-26(33)37-22-8-4-5-9-22/h1-3,6-7,10-12,20-22H,4-5,8-9,13-17H2,(H3,28,29)(H,30,32)/t20-,21-,27?/m0/s1. The van der Waals surface area contributed by atoms with E-state index in [1.165, 1.54) is 0 Å². The fourth-order valence-corrected chi connectivity index (χ4v) is 4.79.